The number of nitrogens with one attached hydrogen (secondary N) is 1. The third-order valence-electron chi connectivity index (χ3n) is 3.13. The quantitative estimate of drug-likeness (QED) is 0.776. The van der Waals surface area contributed by atoms with Gasteiger partial charge >= 0.3 is 6.09 Å². The topological polar surface area (TPSA) is 44.8 Å². The lowest BCUT2D eigenvalue weighted by Crippen LogP contribution is -2.47. The van der Waals surface area contributed by atoms with Gasteiger partial charge in [-0.2, -0.15) is 0 Å². The van der Waals surface area contributed by atoms with Crippen LogP contribution in [-0.4, -0.2) is 42.3 Å². The van der Waals surface area contributed by atoms with E-state index < -0.39 is 0 Å². The second-order valence-corrected chi connectivity index (χ2v) is 4.53. The third-order valence-corrected chi connectivity index (χ3v) is 3.13. The molecule has 2 heterocycles. The number of carbonyl (C=O) groups is 1. The van der Waals surface area contributed by atoms with Crippen molar-refractivity contribution in [3.05, 3.63) is 0 Å². The van der Waals surface area contributed by atoms with Crippen LogP contribution in [0.25, 0.3) is 0 Å². The highest BCUT2D eigenvalue weighted by atomic mass is 16.7. The standard InChI is InChI=1S/C11H21N3O2/c15-11(12-13-7-3-1-4-8-13)16-14-9-5-2-6-10-14/h1-10H2,(H,12,15). The van der Waals surface area contributed by atoms with Crippen LogP contribution in [0.1, 0.15) is 38.5 Å². The number of amides is 1. The zero-order chi connectivity index (χ0) is 11.2. The molecule has 5 heteroatoms. The van der Waals surface area contributed by atoms with Crippen LogP contribution in [0.4, 0.5) is 4.79 Å². The Bertz CT molecular complexity index is 201. The number of carbonyl (C=O) groups excluding carboxylic acids is 1. The van der Waals surface area contributed by atoms with Crippen molar-refractivity contribution in [3.8, 4) is 0 Å². The molecule has 2 aliphatic heterocycles. The van der Waals surface area contributed by atoms with Crippen molar-refractivity contribution in [1.82, 2.24) is 15.5 Å². The molecule has 0 aromatic rings. The first-order valence-electron chi connectivity index (χ1n) is 6.33. The van der Waals surface area contributed by atoms with Crippen LogP contribution in [-0.2, 0) is 4.84 Å². The SMILES string of the molecule is O=C(NN1CCCCC1)ON1CCCCC1. The molecule has 16 heavy (non-hydrogen) atoms. The summed E-state index contributed by atoms with van der Waals surface area (Å²) < 4.78 is 0. The van der Waals surface area contributed by atoms with Crippen molar-refractivity contribution in [2.75, 3.05) is 26.2 Å². The van der Waals surface area contributed by atoms with Crippen LogP contribution in [0.15, 0.2) is 0 Å². The molecule has 2 rings (SSSR count). The van der Waals surface area contributed by atoms with Gasteiger partial charge in [-0.05, 0) is 25.7 Å². The van der Waals surface area contributed by atoms with Gasteiger partial charge in [0.15, 0.2) is 0 Å². The fourth-order valence-electron chi connectivity index (χ4n) is 2.23. The lowest BCUT2D eigenvalue weighted by molar-refractivity contribution is -0.117. The van der Waals surface area contributed by atoms with Gasteiger partial charge in [-0.3, -0.25) is 5.43 Å². The molecular formula is C11H21N3O2. The molecule has 0 radical (unpaired) electrons. The fraction of sp³-hybridized carbons (Fsp3) is 0.909. The number of hydrogen-bond donors (Lipinski definition) is 1. The minimum Gasteiger partial charge on any atom is -0.350 e. The highest BCUT2D eigenvalue weighted by Gasteiger charge is 2.17. The van der Waals surface area contributed by atoms with Crippen molar-refractivity contribution in [1.29, 1.82) is 0 Å². The molecular weight excluding hydrogens is 206 g/mol. The van der Waals surface area contributed by atoms with Gasteiger partial charge in [0.05, 0.1) is 0 Å². The van der Waals surface area contributed by atoms with Crippen LogP contribution in [0.2, 0.25) is 0 Å². The van der Waals surface area contributed by atoms with Gasteiger partial charge in [0.1, 0.15) is 0 Å². The summed E-state index contributed by atoms with van der Waals surface area (Å²) in [5.74, 6) is 0. The second-order valence-electron chi connectivity index (χ2n) is 4.53. The number of nitrogens with zero attached hydrogens (tertiary/aromatic N) is 2. The van der Waals surface area contributed by atoms with E-state index in [1.165, 1.54) is 12.8 Å². The van der Waals surface area contributed by atoms with Gasteiger partial charge in [0.25, 0.3) is 0 Å². The van der Waals surface area contributed by atoms with Crippen LogP contribution in [0, 0.1) is 0 Å². The molecule has 0 saturated carbocycles. The minimum atomic E-state index is -0.330. The van der Waals surface area contributed by atoms with Crippen LogP contribution in [0.5, 0.6) is 0 Å². The molecule has 0 spiro atoms. The molecule has 0 aromatic carbocycles. The van der Waals surface area contributed by atoms with E-state index in [1.807, 2.05) is 5.01 Å². The molecule has 0 bridgehead atoms. The first-order chi connectivity index (χ1) is 7.84. The first-order valence-corrected chi connectivity index (χ1v) is 6.33. The average Bonchev–Trinajstić information content (AvgIpc) is 2.31. The monoisotopic (exact) mass is 227 g/mol. The van der Waals surface area contributed by atoms with E-state index in [-0.39, 0.29) is 6.09 Å². The van der Waals surface area contributed by atoms with Gasteiger partial charge < -0.3 is 4.84 Å². The number of rotatable bonds is 2. The van der Waals surface area contributed by atoms with Gasteiger partial charge in [-0.25, -0.2) is 9.80 Å². The highest BCUT2D eigenvalue weighted by Crippen LogP contribution is 2.09. The summed E-state index contributed by atoms with van der Waals surface area (Å²) in [4.78, 5) is 16.8. The Kier molecular flexibility index (Phi) is 4.42. The number of hydrogen-bond acceptors (Lipinski definition) is 4. The predicted octanol–water partition coefficient (Wildman–Crippen LogP) is 1.51. The van der Waals surface area contributed by atoms with Crippen molar-refractivity contribution in [2.45, 2.75) is 38.5 Å². The maximum atomic E-state index is 11.6. The van der Waals surface area contributed by atoms with Crippen molar-refractivity contribution in [3.63, 3.8) is 0 Å². The molecule has 0 aliphatic carbocycles. The number of piperidine rings is 2. The number of hydroxylamine groups is 2. The Morgan fingerprint density at radius 1 is 0.875 bits per heavy atom. The summed E-state index contributed by atoms with van der Waals surface area (Å²) in [6.07, 6.45) is 6.73. The average molecular weight is 227 g/mol. The van der Waals surface area contributed by atoms with Gasteiger partial charge in [-0.15, -0.1) is 5.06 Å². The molecule has 2 fully saturated rings. The van der Waals surface area contributed by atoms with Gasteiger partial charge in [0, 0.05) is 26.2 Å². The molecule has 0 atom stereocenters. The zero-order valence-electron chi connectivity index (χ0n) is 9.78. The Morgan fingerprint density at radius 2 is 1.44 bits per heavy atom. The van der Waals surface area contributed by atoms with E-state index in [0.29, 0.717) is 0 Å². The van der Waals surface area contributed by atoms with E-state index in [2.05, 4.69) is 5.43 Å². The first kappa shape index (κ1) is 11.7. The Morgan fingerprint density at radius 3 is 2.06 bits per heavy atom. The van der Waals surface area contributed by atoms with E-state index in [1.54, 1.807) is 5.06 Å². The third kappa shape index (κ3) is 3.64. The summed E-state index contributed by atoms with van der Waals surface area (Å²) in [5, 5.41) is 3.72. The van der Waals surface area contributed by atoms with Crippen molar-refractivity contribution >= 4 is 6.09 Å². The van der Waals surface area contributed by atoms with Crippen LogP contribution < -0.4 is 5.43 Å². The smallest absolute Gasteiger partial charge is 0.350 e. The van der Waals surface area contributed by atoms with Crippen molar-refractivity contribution in [2.24, 2.45) is 0 Å². The maximum absolute atomic E-state index is 11.6. The van der Waals surface area contributed by atoms with E-state index in [9.17, 15) is 4.79 Å². The Labute approximate surface area is 96.6 Å². The van der Waals surface area contributed by atoms with E-state index >= 15 is 0 Å². The van der Waals surface area contributed by atoms with Crippen molar-refractivity contribution < 1.29 is 9.63 Å². The largest absolute Gasteiger partial charge is 0.440 e. The molecule has 5 nitrogen and oxygen atoms in total. The Balaban J connectivity index is 1.66. The summed E-state index contributed by atoms with van der Waals surface area (Å²) >= 11 is 0. The van der Waals surface area contributed by atoms with Crippen LogP contribution in [0.3, 0.4) is 0 Å². The zero-order valence-corrected chi connectivity index (χ0v) is 9.78. The molecule has 0 aromatic heterocycles. The maximum Gasteiger partial charge on any atom is 0.440 e. The van der Waals surface area contributed by atoms with Gasteiger partial charge in [0.2, 0.25) is 0 Å². The second kappa shape index (κ2) is 6.06. The highest BCUT2D eigenvalue weighted by molar-refractivity contribution is 5.66. The van der Waals surface area contributed by atoms with Crippen LogP contribution >= 0.6 is 0 Å². The molecule has 2 aliphatic rings. The normalized spacial score (nSPS) is 24.0. The van der Waals surface area contributed by atoms with E-state index in [0.717, 1.165) is 51.9 Å². The summed E-state index contributed by atoms with van der Waals surface area (Å²) in [7, 11) is 0. The molecule has 1 N–H and O–H groups in total. The lowest BCUT2D eigenvalue weighted by Gasteiger charge is -2.29. The minimum absolute atomic E-state index is 0.330. The summed E-state index contributed by atoms with van der Waals surface area (Å²) in [6, 6.07) is 0. The predicted molar refractivity (Wildman–Crippen MR) is 60.5 cm³/mol. The molecule has 0 unspecified atom stereocenters. The summed E-state index contributed by atoms with van der Waals surface area (Å²) in [5.41, 5.74) is 2.80. The molecule has 2 saturated heterocycles. The van der Waals surface area contributed by atoms with E-state index in [4.69, 9.17) is 4.84 Å². The molecule has 1 amide bonds. The molecule has 92 valence electrons. The lowest BCUT2D eigenvalue weighted by atomic mass is 10.2. The fourth-order valence-corrected chi connectivity index (χ4v) is 2.23. The number of hydrazine groups is 1. The Hall–Kier alpha value is -0.810. The summed E-state index contributed by atoms with van der Waals surface area (Å²) in [6.45, 7) is 3.62. The van der Waals surface area contributed by atoms with Gasteiger partial charge in [-0.1, -0.05) is 12.8 Å².